The number of hydrogen-bond donors (Lipinski definition) is 1. The number of rotatable bonds is 11. The van der Waals surface area contributed by atoms with Crippen molar-refractivity contribution in [3.05, 3.63) is 89.5 Å². The zero-order valence-corrected chi connectivity index (χ0v) is 19.8. The third-order valence-electron chi connectivity index (χ3n) is 5.78. The third kappa shape index (κ3) is 5.96. The van der Waals surface area contributed by atoms with Crippen LogP contribution in [0.25, 0.3) is 0 Å². The Morgan fingerprint density at radius 2 is 1.50 bits per heavy atom. The summed E-state index contributed by atoms with van der Waals surface area (Å²) in [5.74, 6) is 1.29. The number of methoxy groups -OCH3 is 1. The lowest BCUT2D eigenvalue weighted by Crippen LogP contribution is -2.27. The van der Waals surface area contributed by atoms with Gasteiger partial charge in [0.05, 0.1) is 12.5 Å². The van der Waals surface area contributed by atoms with E-state index in [4.69, 9.17) is 21.1 Å². The molecule has 0 amide bonds. The first-order valence-electron chi connectivity index (χ1n) is 11.1. The lowest BCUT2D eigenvalue weighted by molar-refractivity contribution is 0.223. The van der Waals surface area contributed by atoms with Gasteiger partial charge < -0.3 is 19.5 Å². The topological polar surface area (TPSA) is 41.9 Å². The SMILES string of the molecule is CCN(CC)CCOc1ccc([C@@H](c2ccccc2)[C@H](Cl)c2ccc(O)c(OC)c2)cc1. The van der Waals surface area contributed by atoms with Crippen LogP contribution in [0, 0.1) is 0 Å². The van der Waals surface area contributed by atoms with Crippen LogP contribution in [0.3, 0.4) is 0 Å². The van der Waals surface area contributed by atoms with Gasteiger partial charge in [-0.15, -0.1) is 11.6 Å². The molecule has 5 heteroatoms. The van der Waals surface area contributed by atoms with Crippen molar-refractivity contribution in [3.8, 4) is 17.2 Å². The summed E-state index contributed by atoms with van der Waals surface area (Å²) in [6.45, 7) is 7.94. The first-order chi connectivity index (χ1) is 15.6. The van der Waals surface area contributed by atoms with Crippen LogP contribution in [-0.4, -0.2) is 43.4 Å². The fourth-order valence-electron chi connectivity index (χ4n) is 3.85. The summed E-state index contributed by atoms with van der Waals surface area (Å²) in [6, 6.07) is 23.7. The van der Waals surface area contributed by atoms with Crippen molar-refractivity contribution >= 4 is 11.6 Å². The minimum atomic E-state index is -0.346. The Morgan fingerprint density at radius 3 is 2.12 bits per heavy atom. The predicted octanol–water partition coefficient (Wildman–Crippen LogP) is 6.23. The number of benzene rings is 3. The summed E-state index contributed by atoms with van der Waals surface area (Å²) < 4.78 is 11.2. The summed E-state index contributed by atoms with van der Waals surface area (Å²) in [7, 11) is 1.54. The van der Waals surface area contributed by atoms with E-state index in [0.29, 0.717) is 12.4 Å². The molecule has 1 N–H and O–H groups in total. The maximum absolute atomic E-state index is 9.97. The standard InChI is InChI=1S/C27H32ClNO3/c1-4-29(5-2)17-18-32-23-14-11-21(12-15-23)26(20-9-7-6-8-10-20)27(28)22-13-16-24(30)25(19-22)31-3/h6-16,19,26-27,30H,4-5,17-18H2,1-3H3/t26-,27-/m1/s1. The Labute approximate surface area is 196 Å². The van der Waals surface area contributed by atoms with Gasteiger partial charge in [-0.3, -0.25) is 0 Å². The molecular formula is C27H32ClNO3. The molecule has 0 aliphatic carbocycles. The highest BCUT2D eigenvalue weighted by atomic mass is 35.5. The Bertz CT molecular complexity index is 958. The van der Waals surface area contributed by atoms with E-state index in [0.717, 1.165) is 42.1 Å². The first-order valence-corrected chi connectivity index (χ1v) is 11.5. The van der Waals surface area contributed by atoms with E-state index in [1.807, 2.05) is 36.4 Å². The van der Waals surface area contributed by atoms with Gasteiger partial charge in [0.25, 0.3) is 0 Å². The summed E-state index contributed by atoms with van der Waals surface area (Å²) in [5.41, 5.74) is 3.10. The number of nitrogens with zero attached hydrogens (tertiary/aromatic N) is 1. The number of ether oxygens (including phenoxy) is 2. The van der Waals surface area contributed by atoms with Crippen LogP contribution >= 0.6 is 11.6 Å². The molecule has 2 atom stereocenters. The van der Waals surface area contributed by atoms with Gasteiger partial charge in [0.1, 0.15) is 12.4 Å². The summed E-state index contributed by atoms with van der Waals surface area (Å²) in [4.78, 5) is 2.34. The molecule has 3 aromatic carbocycles. The average Bonchev–Trinajstić information content (AvgIpc) is 2.84. The second-order valence-electron chi connectivity index (χ2n) is 7.67. The van der Waals surface area contributed by atoms with Gasteiger partial charge in [-0.05, 0) is 54.0 Å². The van der Waals surface area contributed by atoms with Gasteiger partial charge in [-0.2, -0.15) is 0 Å². The highest BCUT2D eigenvalue weighted by Gasteiger charge is 2.25. The van der Waals surface area contributed by atoms with E-state index in [-0.39, 0.29) is 17.0 Å². The molecular weight excluding hydrogens is 422 g/mol. The largest absolute Gasteiger partial charge is 0.504 e. The molecule has 0 spiro atoms. The molecule has 0 saturated carbocycles. The number of alkyl halides is 1. The summed E-state index contributed by atoms with van der Waals surface area (Å²) in [6.07, 6.45) is 0. The fraction of sp³-hybridized carbons (Fsp3) is 0.333. The van der Waals surface area contributed by atoms with Crippen molar-refractivity contribution in [2.45, 2.75) is 25.1 Å². The van der Waals surface area contributed by atoms with Crippen LogP contribution in [0.15, 0.2) is 72.8 Å². The zero-order chi connectivity index (χ0) is 22.9. The van der Waals surface area contributed by atoms with Crippen molar-refractivity contribution in [3.63, 3.8) is 0 Å². The molecule has 0 unspecified atom stereocenters. The Morgan fingerprint density at radius 1 is 0.875 bits per heavy atom. The van der Waals surface area contributed by atoms with Crippen LogP contribution in [0.5, 0.6) is 17.2 Å². The third-order valence-corrected chi connectivity index (χ3v) is 6.29. The van der Waals surface area contributed by atoms with Crippen LogP contribution in [0.4, 0.5) is 0 Å². The minimum Gasteiger partial charge on any atom is -0.504 e. The van der Waals surface area contributed by atoms with Crippen molar-refractivity contribution < 1.29 is 14.6 Å². The van der Waals surface area contributed by atoms with Crippen molar-refractivity contribution in [1.82, 2.24) is 4.90 Å². The molecule has 32 heavy (non-hydrogen) atoms. The van der Waals surface area contributed by atoms with Crippen LogP contribution < -0.4 is 9.47 Å². The smallest absolute Gasteiger partial charge is 0.160 e. The number of phenolic OH excluding ortho intramolecular Hbond substituents is 1. The van der Waals surface area contributed by atoms with Crippen molar-refractivity contribution in [2.24, 2.45) is 0 Å². The van der Waals surface area contributed by atoms with E-state index in [2.05, 4.69) is 43.0 Å². The predicted molar refractivity (Wildman–Crippen MR) is 131 cm³/mol. The second kappa shape index (κ2) is 11.8. The molecule has 170 valence electrons. The quantitative estimate of drug-likeness (QED) is 0.349. The molecule has 0 aliphatic rings. The lowest BCUT2D eigenvalue weighted by Gasteiger charge is -2.25. The first kappa shape index (κ1) is 24.0. The Balaban J connectivity index is 1.84. The number of phenols is 1. The number of halogens is 1. The molecule has 3 rings (SSSR count). The minimum absolute atomic E-state index is 0.0724. The van der Waals surface area contributed by atoms with Crippen molar-refractivity contribution in [2.75, 3.05) is 33.4 Å². The van der Waals surface area contributed by atoms with E-state index >= 15 is 0 Å². The molecule has 3 aromatic rings. The van der Waals surface area contributed by atoms with Crippen LogP contribution in [-0.2, 0) is 0 Å². The lowest BCUT2D eigenvalue weighted by atomic mass is 9.85. The molecule has 0 saturated heterocycles. The van der Waals surface area contributed by atoms with Gasteiger partial charge in [-0.25, -0.2) is 0 Å². The molecule has 0 heterocycles. The molecule has 0 aromatic heterocycles. The molecule has 0 aliphatic heterocycles. The molecule has 4 nitrogen and oxygen atoms in total. The second-order valence-corrected chi connectivity index (χ2v) is 8.14. The average molecular weight is 454 g/mol. The number of aromatic hydroxyl groups is 1. The molecule has 0 fully saturated rings. The summed E-state index contributed by atoms with van der Waals surface area (Å²) >= 11 is 7.04. The van der Waals surface area contributed by atoms with E-state index in [1.165, 1.54) is 7.11 Å². The van der Waals surface area contributed by atoms with Gasteiger partial charge in [0.2, 0.25) is 0 Å². The highest BCUT2D eigenvalue weighted by molar-refractivity contribution is 6.21. The Kier molecular flexibility index (Phi) is 8.83. The van der Waals surface area contributed by atoms with Gasteiger partial charge in [0, 0.05) is 12.5 Å². The van der Waals surface area contributed by atoms with E-state index < -0.39 is 0 Å². The Hall–Kier alpha value is -2.69. The maximum atomic E-state index is 9.97. The summed E-state index contributed by atoms with van der Waals surface area (Å²) in [5, 5.41) is 9.63. The monoisotopic (exact) mass is 453 g/mol. The van der Waals surface area contributed by atoms with Gasteiger partial charge in [-0.1, -0.05) is 62.4 Å². The van der Waals surface area contributed by atoms with Gasteiger partial charge >= 0.3 is 0 Å². The number of likely N-dealkylation sites (N-methyl/N-ethyl adjacent to an activating group) is 1. The normalized spacial score (nSPS) is 13.0. The van der Waals surface area contributed by atoms with Gasteiger partial charge in [0.15, 0.2) is 11.5 Å². The molecule has 0 radical (unpaired) electrons. The zero-order valence-electron chi connectivity index (χ0n) is 19.0. The van der Waals surface area contributed by atoms with E-state index in [9.17, 15) is 5.11 Å². The van der Waals surface area contributed by atoms with Crippen LogP contribution in [0.1, 0.15) is 41.8 Å². The van der Waals surface area contributed by atoms with Crippen molar-refractivity contribution in [1.29, 1.82) is 0 Å². The number of hydrogen-bond acceptors (Lipinski definition) is 4. The van der Waals surface area contributed by atoms with E-state index in [1.54, 1.807) is 12.1 Å². The molecule has 0 bridgehead atoms. The fourth-order valence-corrected chi connectivity index (χ4v) is 4.28. The van der Waals surface area contributed by atoms with Crippen LogP contribution in [0.2, 0.25) is 0 Å². The highest BCUT2D eigenvalue weighted by Crippen LogP contribution is 2.43. The maximum Gasteiger partial charge on any atom is 0.160 e.